The summed E-state index contributed by atoms with van der Waals surface area (Å²) in [6.07, 6.45) is -2.92. The van der Waals surface area contributed by atoms with E-state index in [1.807, 2.05) is 0 Å². The first-order valence-electron chi connectivity index (χ1n) is 9.68. The van der Waals surface area contributed by atoms with Crippen molar-refractivity contribution >= 4 is 57.5 Å². The van der Waals surface area contributed by atoms with Gasteiger partial charge in [0.1, 0.15) is 5.58 Å². The number of fused-ring (bicyclic) bond motifs is 1. The van der Waals surface area contributed by atoms with E-state index in [9.17, 15) is 18.0 Å². The second-order valence-corrected chi connectivity index (χ2v) is 8.81. The molecule has 0 radical (unpaired) electrons. The number of rotatable bonds is 7. The molecule has 0 aliphatic heterocycles. The second kappa shape index (κ2) is 9.73. The number of hydrogen-bond donors (Lipinski definition) is 1. The highest BCUT2D eigenvalue weighted by Crippen LogP contribution is 2.34. The van der Waals surface area contributed by atoms with Crippen LogP contribution in [0.4, 0.5) is 18.9 Å². The van der Waals surface area contributed by atoms with Crippen LogP contribution in [0.3, 0.4) is 0 Å². The summed E-state index contributed by atoms with van der Waals surface area (Å²) in [5, 5.41) is 12.5. The predicted octanol–water partition coefficient (Wildman–Crippen LogP) is 6.93. The molecule has 2 aromatic heterocycles. The van der Waals surface area contributed by atoms with Crippen LogP contribution in [0, 0.1) is 0 Å². The number of alkyl halides is 3. The van der Waals surface area contributed by atoms with Gasteiger partial charge < -0.3 is 9.73 Å². The standard InChI is InChI=1S/C22H15Cl2F3N4O2S/c1-2-7-31-20(18-9-12-8-14(23)4-6-17(12)33-18)29-30-21(31)34-11-19(32)28-16-10-13(22(25,26)27)3-5-15(16)24/h2-6,8-10H,1,7,11H2,(H,28,32). The molecular formula is C22H15Cl2F3N4O2S. The number of nitrogens with zero attached hydrogens (tertiary/aromatic N) is 3. The predicted molar refractivity (Wildman–Crippen MR) is 126 cm³/mol. The molecular weight excluding hydrogens is 512 g/mol. The van der Waals surface area contributed by atoms with Gasteiger partial charge in [-0.15, -0.1) is 16.8 Å². The van der Waals surface area contributed by atoms with Crippen LogP contribution in [0.2, 0.25) is 10.0 Å². The first-order chi connectivity index (χ1) is 16.2. The van der Waals surface area contributed by atoms with Gasteiger partial charge in [0.15, 0.2) is 10.9 Å². The molecule has 0 aliphatic carbocycles. The van der Waals surface area contributed by atoms with Crippen LogP contribution in [0.5, 0.6) is 0 Å². The van der Waals surface area contributed by atoms with E-state index >= 15 is 0 Å². The normalized spacial score (nSPS) is 11.7. The van der Waals surface area contributed by atoms with Gasteiger partial charge >= 0.3 is 6.18 Å². The van der Waals surface area contributed by atoms with Gasteiger partial charge in [-0.1, -0.05) is 41.0 Å². The maximum absolute atomic E-state index is 13.0. The fourth-order valence-electron chi connectivity index (χ4n) is 3.11. The van der Waals surface area contributed by atoms with Gasteiger partial charge in [0, 0.05) is 17.0 Å². The first kappa shape index (κ1) is 24.2. The lowest BCUT2D eigenvalue weighted by molar-refractivity contribution is -0.137. The summed E-state index contributed by atoms with van der Waals surface area (Å²) in [7, 11) is 0. The maximum atomic E-state index is 13.0. The van der Waals surface area contributed by atoms with E-state index in [-0.39, 0.29) is 16.5 Å². The van der Waals surface area contributed by atoms with Crippen molar-refractivity contribution in [3.05, 3.63) is 70.7 Å². The van der Waals surface area contributed by atoms with Crippen LogP contribution < -0.4 is 5.32 Å². The number of halogens is 5. The summed E-state index contributed by atoms with van der Waals surface area (Å²) in [5.74, 6) is 0.187. The van der Waals surface area contributed by atoms with Crippen molar-refractivity contribution in [2.24, 2.45) is 0 Å². The van der Waals surface area contributed by atoms with Gasteiger partial charge in [0.05, 0.1) is 22.0 Å². The van der Waals surface area contributed by atoms with Crippen molar-refractivity contribution in [2.45, 2.75) is 17.9 Å². The van der Waals surface area contributed by atoms with Crippen LogP contribution in [0.25, 0.3) is 22.6 Å². The number of anilines is 1. The molecule has 0 aliphatic rings. The monoisotopic (exact) mass is 526 g/mol. The molecule has 176 valence electrons. The molecule has 6 nitrogen and oxygen atoms in total. The van der Waals surface area contributed by atoms with Crippen LogP contribution in [-0.2, 0) is 17.5 Å². The number of carbonyl (C=O) groups excluding carboxylic acids is 1. The molecule has 12 heteroatoms. The number of furan rings is 1. The molecule has 0 saturated heterocycles. The molecule has 4 aromatic rings. The lowest BCUT2D eigenvalue weighted by Crippen LogP contribution is -2.16. The van der Waals surface area contributed by atoms with Crippen molar-refractivity contribution in [1.82, 2.24) is 14.8 Å². The van der Waals surface area contributed by atoms with Crippen molar-refractivity contribution in [3.8, 4) is 11.6 Å². The molecule has 0 saturated carbocycles. The summed E-state index contributed by atoms with van der Waals surface area (Å²) >= 11 is 13.0. The van der Waals surface area contributed by atoms with E-state index in [1.165, 1.54) is 0 Å². The lowest BCUT2D eigenvalue weighted by Gasteiger charge is -2.11. The van der Waals surface area contributed by atoms with E-state index in [2.05, 4.69) is 22.1 Å². The highest BCUT2D eigenvalue weighted by molar-refractivity contribution is 7.99. The minimum atomic E-state index is -4.56. The molecule has 0 fully saturated rings. The van der Waals surface area contributed by atoms with Crippen molar-refractivity contribution < 1.29 is 22.4 Å². The summed E-state index contributed by atoms with van der Waals surface area (Å²) in [5.41, 5.74) is -0.419. The number of allylic oxidation sites excluding steroid dienone is 1. The third kappa shape index (κ3) is 5.24. The zero-order valence-electron chi connectivity index (χ0n) is 17.2. The van der Waals surface area contributed by atoms with Crippen molar-refractivity contribution in [2.75, 3.05) is 11.1 Å². The number of thioether (sulfide) groups is 1. The Morgan fingerprint density at radius 2 is 1.97 bits per heavy atom. The largest absolute Gasteiger partial charge is 0.453 e. The summed E-state index contributed by atoms with van der Waals surface area (Å²) in [6, 6.07) is 9.71. The molecule has 2 heterocycles. The number of nitrogens with one attached hydrogen (secondary N) is 1. The third-order valence-corrected chi connectivity index (χ3v) is 6.16. The zero-order chi connectivity index (χ0) is 24.5. The smallest absolute Gasteiger partial charge is 0.416 e. The minimum Gasteiger partial charge on any atom is -0.453 e. The van der Waals surface area contributed by atoms with Gasteiger partial charge in [-0.3, -0.25) is 9.36 Å². The number of carbonyl (C=O) groups is 1. The van der Waals surface area contributed by atoms with Gasteiger partial charge in [-0.2, -0.15) is 13.2 Å². The van der Waals surface area contributed by atoms with E-state index < -0.39 is 17.6 Å². The van der Waals surface area contributed by atoms with E-state index in [4.69, 9.17) is 27.6 Å². The summed E-state index contributed by atoms with van der Waals surface area (Å²) in [4.78, 5) is 12.4. The molecule has 2 aromatic carbocycles. The van der Waals surface area contributed by atoms with Crippen LogP contribution >= 0.6 is 35.0 Å². The highest BCUT2D eigenvalue weighted by atomic mass is 35.5. The van der Waals surface area contributed by atoms with Crippen LogP contribution in [0.15, 0.2) is 64.7 Å². The Labute approximate surface area is 205 Å². The summed E-state index contributed by atoms with van der Waals surface area (Å²) < 4.78 is 46.4. The highest BCUT2D eigenvalue weighted by Gasteiger charge is 2.31. The Kier molecular flexibility index (Phi) is 6.92. The Morgan fingerprint density at radius 1 is 1.18 bits per heavy atom. The number of benzene rings is 2. The molecule has 0 bridgehead atoms. The fraction of sp³-hybridized carbons (Fsp3) is 0.136. The first-order valence-corrected chi connectivity index (χ1v) is 11.4. The molecule has 0 atom stereocenters. The maximum Gasteiger partial charge on any atom is 0.416 e. The van der Waals surface area contributed by atoms with Gasteiger partial charge in [-0.05, 0) is 42.5 Å². The van der Waals surface area contributed by atoms with E-state index in [0.717, 1.165) is 35.3 Å². The van der Waals surface area contributed by atoms with Gasteiger partial charge in [-0.25, -0.2) is 0 Å². The van der Waals surface area contributed by atoms with Crippen molar-refractivity contribution in [3.63, 3.8) is 0 Å². The van der Waals surface area contributed by atoms with E-state index in [0.29, 0.717) is 33.9 Å². The molecule has 0 spiro atoms. The number of aromatic nitrogens is 3. The Hall–Kier alpha value is -2.95. The Bertz CT molecular complexity index is 1380. The second-order valence-electron chi connectivity index (χ2n) is 7.03. The molecule has 1 amide bonds. The molecule has 34 heavy (non-hydrogen) atoms. The summed E-state index contributed by atoms with van der Waals surface area (Å²) in [6.45, 7) is 4.07. The van der Waals surface area contributed by atoms with Gasteiger partial charge in [0.25, 0.3) is 0 Å². The minimum absolute atomic E-state index is 0.00607. The van der Waals surface area contributed by atoms with Crippen molar-refractivity contribution in [1.29, 1.82) is 0 Å². The zero-order valence-corrected chi connectivity index (χ0v) is 19.5. The average Bonchev–Trinajstić information content (AvgIpc) is 3.36. The number of hydrogen-bond acceptors (Lipinski definition) is 5. The quantitative estimate of drug-likeness (QED) is 0.208. The fourth-order valence-corrected chi connectivity index (χ4v) is 4.20. The van der Waals surface area contributed by atoms with E-state index in [1.54, 1.807) is 34.9 Å². The third-order valence-electron chi connectivity index (χ3n) is 4.63. The van der Waals surface area contributed by atoms with Crippen LogP contribution in [-0.4, -0.2) is 26.4 Å². The topological polar surface area (TPSA) is 73.0 Å². The number of amides is 1. The molecule has 1 N–H and O–H groups in total. The van der Waals surface area contributed by atoms with Crippen LogP contribution in [0.1, 0.15) is 5.56 Å². The lowest BCUT2D eigenvalue weighted by atomic mass is 10.2. The Balaban J connectivity index is 1.52. The van der Waals surface area contributed by atoms with Gasteiger partial charge in [0.2, 0.25) is 11.7 Å². The molecule has 0 unspecified atom stereocenters. The average molecular weight is 527 g/mol. The molecule has 4 rings (SSSR count). The SMILES string of the molecule is C=CCn1c(SCC(=O)Nc2cc(C(F)(F)F)ccc2Cl)nnc1-c1cc2cc(Cl)ccc2o1. The Morgan fingerprint density at radius 3 is 2.71 bits per heavy atom.